The molecule has 2 amide bonds. The van der Waals surface area contributed by atoms with E-state index >= 15 is 0 Å². The number of likely N-dealkylation sites (tertiary alicyclic amines) is 1. The van der Waals surface area contributed by atoms with Crippen LogP contribution in [0.25, 0.3) is 0 Å². The molecule has 0 bridgehead atoms. The number of hydrogen-bond acceptors (Lipinski definition) is 5. The molecule has 0 radical (unpaired) electrons. The number of rotatable bonds is 8. The average Bonchev–Trinajstić information content (AvgIpc) is 3.12. The molecular weight excluding hydrogens is 454 g/mol. The molecule has 2 saturated heterocycles. The lowest BCUT2D eigenvalue weighted by Crippen LogP contribution is -2.60. The van der Waals surface area contributed by atoms with Crippen LogP contribution in [0.4, 0.5) is 0 Å². The van der Waals surface area contributed by atoms with Gasteiger partial charge in [-0.25, -0.2) is 0 Å². The Labute approximate surface area is 214 Å². The Morgan fingerprint density at radius 3 is 2.33 bits per heavy atom. The molecule has 0 aromatic heterocycles. The number of carbonyl (C=O) groups is 2. The molecule has 7 nitrogen and oxygen atoms in total. The summed E-state index contributed by atoms with van der Waals surface area (Å²) in [6.07, 6.45) is 2.96. The third kappa shape index (κ3) is 5.36. The molecule has 1 atom stereocenters. The first kappa shape index (κ1) is 26.0. The molecule has 2 heterocycles. The molecule has 0 saturated carbocycles. The molecule has 1 N–H and O–H groups in total. The van der Waals surface area contributed by atoms with Crippen LogP contribution >= 0.6 is 0 Å². The Morgan fingerprint density at radius 2 is 1.72 bits per heavy atom. The smallest absolute Gasteiger partial charge is 0.253 e. The van der Waals surface area contributed by atoms with E-state index in [1.165, 1.54) is 0 Å². The Kier molecular flexibility index (Phi) is 7.88. The fourth-order valence-electron chi connectivity index (χ4n) is 5.47. The monoisotopic (exact) mass is 493 g/mol. The van der Waals surface area contributed by atoms with Gasteiger partial charge in [-0.15, -0.1) is 0 Å². The van der Waals surface area contributed by atoms with Gasteiger partial charge in [0.15, 0.2) is 11.5 Å². The quantitative estimate of drug-likeness (QED) is 0.601. The van der Waals surface area contributed by atoms with Crippen LogP contribution < -0.4 is 14.8 Å². The molecule has 2 fully saturated rings. The first-order valence-electron chi connectivity index (χ1n) is 12.9. The van der Waals surface area contributed by atoms with Crippen molar-refractivity contribution in [3.8, 4) is 11.5 Å². The number of ether oxygens (including phenoxy) is 2. The van der Waals surface area contributed by atoms with E-state index < -0.39 is 5.66 Å². The molecule has 1 spiro atoms. The standard InChI is InChI=1S/C29H39N3O4/c1-20(2)18-24-28(34)32(15-12-22-8-11-25(35-4)26(19-22)36-5)29(30-24)13-16-31(17-14-29)27(33)23-9-6-21(3)7-10-23/h6-11,19-20,24,30H,12-18H2,1-5H3/t24-/m0/s1. The summed E-state index contributed by atoms with van der Waals surface area (Å²) in [4.78, 5) is 30.6. The normalized spacial score (nSPS) is 19.3. The highest BCUT2D eigenvalue weighted by atomic mass is 16.5. The highest BCUT2D eigenvalue weighted by molar-refractivity contribution is 5.94. The van der Waals surface area contributed by atoms with Gasteiger partial charge in [-0.2, -0.15) is 0 Å². The Balaban J connectivity index is 1.49. The van der Waals surface area contributed by atoms with E-state index in [-0.39, 0.29) is 17.9 Å². The highest BCUT2D eigenvalue weighted by Gasteiger charge is 2.51. The minimum absolute atomic E-state index is 0.0600. The zero-order chi connectivity index (χ0) is 25.9. The Hall–Kier alpha value is -3.06. The molecule has 4 rings (SSSR count). The summed E-state index contributed by atoms with van der Waals surface area (Å²) in [5, 5.41) is 3.72. The van der Waals surface area contributed by atoms with Crippen molar-refractivity contribution in [3.63, 3.8) is 0 Å². The zero-order valence-electron chi connectivity index (χ0n) is 22.2. The predicted octanol–water partition coefficient (Wildman–Crippen LogP) is 4.03. The van der Waals surface area contributed by atoms with E-state index in [1.807, 2.05) is 59.2 Å². The molecule has 2 aliphatic rings. The van der Waals surface area contributed by atoms with Gasteiger partial charge in [-0.3, -0.25) is 14.9 Å². The van der Waals surface area contributed by atoms with E-state index in [1.54, 1.807) is 14.2 Å². The van der Waals surface area contributed by atoms with Gasteiger partial charge in [-0.05, 0) is 55.5 Å². The minimum atomic E-state index is -0.419. The van der Waals surface area contributed by atoms with Crippen LogP contribution in [0, 0.1) is 12.8 Å². The molecule has 0 unspecified atom stereocenters. The third-order valence-corrected chi connectivity index (χ3v) is 7.48. The lowest BCUT2D eigenvalue weighted by atomic mass is 9.94. The number of nitrogens with zero attached hydrogens (tertiary/aromatic N) is 2. The van der Waals surface area contributed by atoms with Crippen LogP contribution in [-0.2, 0) is 11.2 Å². The fourth-order valence-corrected chi connectivity index (χ4v) is 5.47. The van der Waals surface area contributed by atoms with Crippen LogP contribution in [0.3, 0.4) is 0 Å². The largest absolute Gasteiger partial charge is 0.493 e. The van der Waals surface area contributed by atoms with Crippen LogP contribution in [0.5, 0.6) is 11.5 Å². The van der Waals surface area contributed by atoms with Crippen molar-refractivity contribution in [2.75, 3.05) is 33.9 Å². The van der Waals surface area contributed by atoms with Crippen molar-refractivity contribution in [3.05, 3.63) is 59.2 Å². The number of methoxy groups -OCH3 is 2. The molecule has 2 aromatic carbocycles. The number of nitrogens with one attached hydrogen (secondary N) is 1. The Morgan fingerprint density at radius 1 is 1.06 bits per heavy atom. The highest BCUT2D eigenvalue weighted by Crippen LogP contribution is 2.35. The van der Waals surface area contributed by atoms with Crippen LogP contribution in [-0.4, -0.2) is 67.2 Å². The van der Waals surface area contributed by atoms with Crippen LogP contribution in [0.1, 0.15) is 54.6 Å². The zero-order valence-corrected chi connectivity index (χ0v) is 22.2. The fraction of sp³-hybridized carbons (Fsp3) is 0.517. The molecule has 36 heavy (non-hydrogen) atoms. The maximum Gasteiger partial charge on any atom is 0.253 e. The molecule has 2 aromatic rings. The van der Waals surface area contributed by atoms with Gasteiger partial charge in [-0.1, -0.05) is 37.6 Å². The summed E-state index contributed by atoms with van der Waals surface area (Å²) in [6.45, 7) is 8.17. The van der Waals surface area contributed by atoms with Crippen molar-refractivity contribution < 1.29 is 19.1 Å². The second-order valence-corrected chi connectivity index (χ2v) is 10.4. The first-order valence-corrected chi connectivity index (χ1v) is 12.9. The molecular formula is C29H39N3O4. The van der Waals surface area contributed by atoms with Gasteiger partial charge >= 0.3 is 0 Å². The van der Waals surface area contributed by atoms with Crippen molar-refractivity contribution in [1.82, 2.24) is 15.1 Å². The van der Waals surface area contributed by atoms with Crippen molar-refractivity contribution in [1.29, 1.82) is 0 Å². The Bertz CT molecular complexity index is 1070. The van der Waals surface area contributed by atoms with Gasteiger partial charge in [0.25, 0.3) is 5.91 Å². The number of benzene rings is 2. The number of amides is 2. The van der Waals surface area contributed by atoms with Crippen molar-refractivity contribution >= 4 is 11.8 Å². The van der Waals surface area contributed by atoms with Crippen LogP contribution in [0.15, 0.2) is 42.5 Å². The van der Waals surface area contributed by atoms with Gasteiger partial charge in [0, 0.05) is 38.0 Å². The van der Waals surface area contributed by atoms with E-state index in [4.69, 9.17) is 9.47 Å². The first-order chi connectivity index (χ1) is 17.3. The van der Waals surface area contributed by atoms with Gasteiger partial charge in [0.2, 0.25) is 5.91 Å². The number of carbonyl (C=O) groups excluding carboxylic acids is 2. The molecule has 0 aliphatic carbocycles. The SMILES string of the molecule is COc1ccc(CCN2C(=O)[C@H](CC(C)C)NC23CCN(C(=O)c2ccc(C)cc2)CC3)cc1OC. The maximum absolute atomic E-state index is 13.6. The summed E-state index contributed by atoms with van der Waals surface area (Å²) < 4.78 is 10.8. The van der Waals surface area contributed by atoms with E-state index in [0.717, 1.165) is 42.4 Å². The predicted molar refractivity (Wildman–Crippen MR) is 140 cm³/mol. The topological polar surface area (TPSA) is 71.1 Å². The summed E-state index contributed by atoms with van der Waals surface area (Å²) in [5.74, 6) is 2.03. The van der Waals surface area contributed by atoms with Gasteiger partial charge < -0.3 is 19.3 Å². The van der Waals surface area contributed by atoms with E-state index in [0.29, 0.717) is 37.1 Å². The molecule has 2 aliphatic heterocycles. The van der Waals surface area contributed by atoms with Crippen molar-refractivity contribution in [2.24, 2.45) is 5.92 Å². The maximum atomic E-state index is 13.6. The van der Waals surface area contributed by atoms with Gasteiger partial charge in [0.1, 0.15) is 0 Å². The summed E-state index contributed by atoms with van der Waals surface area (Å²) in [5.41, 5.74) is 2.53. The minimum Gasteiger partial charge on any atom is -0.493 e. The van der Waals surface area contributed by atoms with E-state index in [2.05, 4.69) is 19.2 Å². The second-order valence-electron chi connectivity index (χ2n) is 10.4. The van der Waals surface area contributed by atoms with Crippen LogP contribution in [0.2, 0.25) is 0 Å². The second kappa shape index (κ2) is 10.9. The average molecular weight is 494 g/mol. The van der Waals surface area contributed by atoms with E-state index in [9.17, 15) is 9.59 Å². The summed E-state index contributed by atoms with van der Waals surface area (Å²) in [6, 6.07) is 13.5. The molecule has 7 heteroatoms. The third-order valence-electron chi connectivity index (χ3n) is 7.48. The summed E-state index contributed by atoms with van der Waals surface area (Å²) in [7, 11) is 3.26. The summed E-state index contributed by atoms with van der Waals surface area (Å²) >= 11 is 0. The number of piperidine rings is 1. The molecule has 194 valence electrons. The number of hydrogen-bond donors (Lipinski definition) is 1. The lowest BCUT2D eigenvalue weighted by Gasteiger charge is -2.44. The van der Waals surface area contributed by atoms with Gasteiger partial charge in [0.05, 0.1) is 25.9 Å². The van der Waals surface area contributed by atoms with Crippen molar-refractivity contribution in [2.45, 2.75) is 58.2 Å². The lowest BCUT2D eigenvalue weighted by molar-refractivity contribution is -0.133. The number of aryl methyl sites for hydroxylation is 1.